The van der Waals surface area contributed by atoms with Crippen LogP contribution in [-0.2, 0) is 13.1 Å². The summed E-state index contributed by atoms with van der Waals surface area (Å²) in [5, 5.41) is 0. The third-order valence-electron chi connectivity index (χ3n) is 5.77. The molecular weight excluding hydrogens is 332 g/mol. The summed E-state index contributed by atoms with van der Waals surface area (Å²) in [6.45, 7) is 10.7. The third kappa shape index (κ3) is 3.48. The predicted octanol–water partition coefficient (Wildman–Crippen LogP) is 5.49. The maximum Gasteiger partial charge on any atom is 0.0958 e. The highest BCUT2D eigenvalue weighted by atomic mass is 15.0. The van der Waals surface area contributed by atoms with Gasteiger partial charge in [-0.15, -0.1) is 0 Å². The number of aromatic nitrogens is 4. The average Bonchev–Trinajstić information content (AvgIpc) is 3.20. The number of aryl methyl sites for hydroxylation is 6. The van der Waals surface area contributed by atoms with Crippen LogP contribution in [0.15, 0.2) is 36.9 Å². The van der Waals surface area contributed by atoms with Gasteiger partial charge in [-0.1, -0.05) is 0 Å². The molecule has 140 valence electrons. The standard InChI is InChI=1S/C23H28N4/c1-16-10-20-22(12-18(16)3)26(14-24-20)8-6-5-7-9-27-15-25-21-11-17(2)19(4)13-23(21)27/h10-15H,5-9H2,1-4H3. The first kappa shape index (κ1) is 17.8. The van der Waals surface area contributed by atoms with Crippen molar-refractivity contribution in [3.05, 3.63) is 59.2 Å². The van der Waals surface area contributed by atoms with Crippen LogP contribution in [0.4, 0.5) is 0 Å². The van der Waals surface area contributed by atoms with Crippen molar-refractivity contribution in [2.24, 2.45) is 0 Å². The number of imidazole rings is 2. The molecule has 0 N–H and O–H groups in total. The minimum Gasteiger partial charge on any atom is -0.331 e. The number of benzene rings is 2. The van der Waals surface area contributed by atoms with Crippen LogP contribution in [0.1, 0.15) is 41.5 Å². The van der Waals surface area contributed by atoms with E-state index < -0.39 is 0 Å². The normalized spacial score (nSPS) is 11.7. The lowest BCUT2D eigenvalue weighted by Gasteiger charge is -2.08. The van der Waals surface area contributed by atoms with Crippen LogP contribution in [0.25, 0.3) is 22.1 Å². The highest BCUT2D eigenvalue weighted by molar-refractivity contribution is 5.78. The van der Waals surface area contributed by atoms with Crippen molar-refractivity contribution >= 4 is 22.1 Å². The van der Waals surface area contributed by atoms with E-state index in [4.69, 9.17) is 0 Å². The molecule has 0 saturated carbocycles. The quantitative estimate of drug-likeness (QED) is 0.426. The Labute approximate surface area is 160 Å². The van der Waals surface area contributed by atoms with E-state index in [9.17, 15) is 0 Å². The van der Waals surface area contributed by atoms with Crippen molar-refractivity contribution in [3.8, 4) is 0 Å². The number of rotatable bonds is 6. The minimum atomic E-state index is 1.03. The lowest BCUT2D eigenvalue weighted by atomic mass is 10.1. The molecule has 0 aliphatic rings. The van der Waals surface area contributed by atoms with Crippen molar-refractivity contribution in [1.29, 1.82) is 0 Å². The molecule has 2 aromatic heterocycles. The highest BCUT2D eigenvalue weighted by Crippen LogP contribution is 2.20. The molecule has 0 bridgehead atoms. The molecule has 2 heterocycles. The van der Waals surface area contributed by atoms with Crippen LogP contribution in [-0.4, -0.2) is 19.1 Å². The van der Waals surface area contributed by atoms with Gasteiger partial charge in [-0.2, -0.15) is 0 Å². The minimum absolute atomic E-state index is 1.03. The monoisotopic (exact) mass is 360 g/mol. The van der Waals surface area contributed by atoms with Crippen LogP contribution >= 0.6 is 0 Å². The van der Waals surface area contributed by atoms with Gasteiger partial charge in [0.05, 0.1) is 34.7 Å². The summed E-state index contributed by atoms with van der Waals surface area (Å²) in [5.41, 5.74) is 10.0. The first-order valence-corrected chi connectivity index (χ1v) is 9.87. The van der Waals surface area contributed by atoms with Gasteiger partial charge in [-0.05, 0) is 93.5 Å². The fourth-order valence-electron chi connectivity index (χ4n) is 3.72. The molecule has 0 aliphatic heterocycles. The molecule has 4 rings (SSSR count). The number of fused-ring (bicyclic) bond motifs is 2. The second-order valence-corrected chi connectivity index (χ2v) is 7.79. The van der Waals surface area contributed by atoms with E-state index in [0.717, 1.165) is 24.1 Å². The van der Waals surface area contributed by atoms with Crippen molar-refractivity contribution in [2.75, 3.05) is 0 Å². The number of nitrogens with zero attached hydrogens (tertiary/aromatic N) is 4. The molecule has 0 radical (unpaired) electrons. The van der Waals surface area contributed by atoms with E-state index in [0.29, 0.717) is 0 Å². The summed E-state index contributed by atoms with van der Waals surface area (Å²) in [7, 11) is 0. The van der Waals surface area contributed by atoms with Gasteiger partial charge in [0.1, 0.15) is 0 Å². The van der Waals surface area contributed by atoms with Crippen molar-refractivity contribution in [2.45, 2.75) is 60.0 Å². The van der Waals surface area contributed by atoms with Crippen LogP contribution < -0.4 is 0 Å². The summed E-state index contributed by atoms with van der Waals surface area (Å²) in [6.07, 6.45) is 7.51. The molecule has 0 aliphatic carbocycles. The van der Waals surface area contributed by atoms with Crippen LogP contribution in [0, 0.1) is 27.7 Å². The Kier molecular flexibility index (Phi) is 4.73. The summed E-state index contributed by atoms with van der Waals surface area (Å²) in [4.78, 5) is 9.12. The Hall–Kier alpha value is -2.62. The summed E-state index contributed by atoms with van der Waals surface area (Å²) in [6, 6.07) is 8.91. The average molecular weight is 361 g/mol. The Balaban J connectivity index is 1.35. The number of hydrogen-bond donors (Lipinski definition) is 0. The summed E-state index contributed by atoms with van der Waals surface area (Å²) < 4.78 is 4.58. The highest BCUT2D eigenvalue weighted by Gasteiger charge is 2.06. The molecule has 27 heavy (non-hydrogen) atoms. The van der Waals surface area contributed by atoms with Crippen molar-refractivity contribution in [1.82, 2.24) is 19.1 Å². The smallest absolute Gasteiger partial charge is 0.0958 e. The zero-order chi connectivity index (χ0) is 19.0. The summed E-state index contributed by atoms with van der Waals surface area (Å²) in [5.74, 6) is 0. The molecule has 0 saturated heterocycles. The zero-order valence-electron chi connectivity index (χ0n) is 16.8. The molecule has 0 atom stereocenters. The lowest BCUT2D eigenvalue weighted by molar-refractivity contribution is 0.556. The SMILES string of the molecule is Cc1cc2ncn(CCCCCn3cnc4cc(C)c(C)cc43)c2cc1C. The lowest BCUT2D eigenvalue weighted by Crippen LogP contribution is -2.00. The van der Waals surface area contributed by atoms with E-state index in [1.54, 1.807) is 0 Å². The van der Waals surface area contributed by atoms with Gasteiger partial charge >= 0.3 is 0 Å². The van der Waals surface area contributed by atoms with E-state index in [2.05, 4.69) is 71.1 Å². The van der Waals surface area contributed by atoms with Gasteiger partial charge in [0, 0.05) is 13.1 Å². The maximum atomic E-state index is 4.56. The fraction of sp³-hybridized carbons (Fsp3) is 0.391. The molecule has 2 aromatic carbocycles. The number of unbranched alkanes of at least 4 members (excludes halogenated alkanes) is 2. The molecule has 0 fully saturated rings. The topological polar surface area (TPSA) is 35.6 Å². The molecule has 0 unspecified atom stereocenters. The predicted molar refractivity (Wildman–Crippen MR) is 112 cm³/mol. The summed E-state index contributed by atoms with van der Waals surface area (Å²) >= 11 is 0. The Morgan fingerprint density at radius 2 is 1.00 bits per heavy atom. The first-order valence-electron chi connectivity index (χ1n) is 9.87. The Morgan fingerprint density at radius 3 is 1.44 bits per heavy atom. The first-order chi connectivity index (χ1) is 13.0. The Bertz CT molecular complexity index is 1010. The molecule has 0 spiro atoms. The van der Waals surface area contributed by atoms with E-state index in [1.165, 1.54) is 52.5 Å². The van der Waals surface area contributed by atoms with Crippen molar-refractivity contribution in [3.63, 3.8) is 0 Å². The Morgan fingerprint density at radius 1 is 0.593 bits per heavy atom. The van der Waals surface area contributed by atoms with Crippen LogP contribution in [0.5, 0.6) is 0 Å². The maximum absolute atomic E-state index is 4.56. The molecular formula is C23H28N4. The van der Waals surface area contributed by atoms with E-state index >= 15 is 0 Å². The van der Waals surface area contributed by atoms with Gasteiger partial charge < -0.3 is 9.13 Å². The largest absolute Gasteiger partial charge is 0.331 e. The van der Waals surface area contributed by atoms with Crippen LogP contribution in [0.2, 0.25) is 0 Å². The molecule has 4 aromatic rings. The second-order valence-electron chi connectivity index (χ2n) is 7.79. The van der Waals surface area contributed by atoms with Crippen LogP contribution in [0.3, 0.4) is 0 Å². The molecule has 0 amide bonds. The fourth-order valence-corrected chi connectivity index (χ4v) is 3.72. The van der Waals surface area contributed by atoms with Gasteiger partial charge in [0.25, 0.3) is 0 Å². The van der Waals surface area contributed by atoms with E-state index in [-0.39, 0.29) is 0 Å². The third-order valence-corrected chi connectivity index (χ3v) is 5.77. The van der Waals surface area contributed by atoms with Crippen molar-refractivity contribution < 1.29 is 0 Å². The van der Waals surface area contributed by atoms with Gasteiger partial charge in [0.15, 0.2) is 0 Å². The van der Waals surface area contributed by atoms with Gasteiger partial charge in [-0.25, -0.2) is 9.97 Å². The zero-order valence-corrected chi connectivity index (χ0v) is 16.8. The molecule has 4 nitrogen and oxygen atoms in total. The second kappa shape index (κ2) is 7.18. The molecule has 4 heteroatoms. The number of hydrogen-bond acceptors (Lipinski definition) is 2. The van der Waals surface area contributed by atoms with Gasteiger partial charge in [0.2, 0.25) is 0 Å². The van der Waals surface area contributed by atoms with Gasteiger partial charge in [-0.3, -0.25) is 0 Å². The van der Waals surface area contributed by atoms with E-state index in [1.807, 2.05) is 12.7 Å².